The summed E-state index contributed by atoms with van der Waals surface area (Å²) in [5, 5.41) is 19.1. The molecule has 1 rings (SSSR count). The van der Waals surface area contributed by atoms with Crippen LogP contribution >= 0.6 is 0 Å². The van der Waals surface area contributed by atoms with Gasteiger partial charge in [-0.1, -0.05) is 19.4 Å². The average Bonchev–Trinajstić information content (AvgIpc) is 2.80. The Labute approximate surface area is 111 Å². The van der Waals surface area contributed by atoms with Gasteiger partial charge in [-0.05, 0) is 69.4 Å². The molecule has 0 aliphatic heterocycles. The van der Waals surface area contributed by atoms with Crippen molar-refractivity contribution in [3.63, 3.8) is 0 Å². The first-order valence-electron chi connectivity index (χ1n) is 7.29. The number of rotatable bonds is 6. The van der Waals surface area contributed by atoms with E-state index in [1.807, 2.05) is 13.0 Å². The third kappa shape index (κ3) is 4.85. The molecule has 2 N–H and O–H groups in total. The van der Waals surface area contributed by atoms with Gasteiger partial charge in [-0.15, -0.1) is 0 Å². The minimum Gasteiger partial charge on any atom is -0.508 e. The van der Waals surface area contributed by atoms with Gasteiger partial charge < -0.3 is 10.2 Å². The van der Waals surface area contributed by atoms with Gasteiger partial charge >= 0.3 is 0 Å². The van der Waals surface area contributed by atoms with Crippen LogP contribution in [0.2, 0.25) is 0 Å². The van der Waals surface area contributed by atoms with Crippen LogP contribution in [0, 0.1) is 11.8 Å². The monoisotopic (exact) mass is 252 g/mol. The first kappa shape index (κ1) is 15.3. The smallest absolute Gasteiger partial charge is 0.111 e. The summed E-state index contributed by atoms with van der Waals surface area (Å²) in [6.07, 6.45) is 9.91. The summed E-state index contributed by atoms with van der Waals surface area (Å²) in [6.45, 7) is 6.28. The lowest BCUT2D eigenvalue weighted by Gasteiger charge is -2.19. The van der Waals surface area contributed by atoms with E-state index >= 15 is 0 Å². The molecule has 2 heteroatoms. The zero-order valence-corrected chi connectivity index (χ0v) is 12.0. The fraction of sp³-hybridized carbons (Fsp3) is 0.750. The molecule has 0 radical (unpaired) electrons. The molecule has 1 fully saturated rings. The van der Waals surface area contributed by atoms with Crippen molar-refractivity contribution in [2.24, 2.45) is 11.8 Å². The topological polar surface area (TPSA) is 40.5 Å². The van der Waals surface area contributed by atoms with Gasteiger partial charge in [0.05, 0.1) is 6.10 Å². The summed E-state index contributed by atoms with van der Waals surface area (Å²) < 4.78 is 0. The third-order valence-electron chi connectivity index (χ3n) is 4.27. The minimum absolute atomic E-state index is 0.0642. The summed E-state index contributed by atoms with van der Waals surface area (Å²) in [5.74, 6) is 1.73. The van der Waals surface area contributed by atoms with Crippen molar-refractivity contribution in [2.45, 2.75) is 65.4 Å². The summed E-state index contributed by atoms with van der Waals surface area (Å²) in [4.78, 5) is 0. The van der Waals surface area contributed by atoms with Crippen molar-refractivity contribution in [1.29, 1.82) is 0 Å². The second-order valence-corrected chi connectivity index (χ2v) is 5.61. The van der Waals surface area contributed by atoms with Crippen LogP contribution < -0.4 is 0 Å². The lowest BCUT2D eigenvalue weighted by Crippen LogP contribution is -2.10. The molecule has 18 heavy (non-hydrogen) atoms. The van der Waals surface area contributed by atoms with Crippen molar-refractivity contribution in [2.75, 3.05) is 0 Å². The largest absolute Gasteiger partial charge is 0.508 e. The van der Waals surface area contributed by atoms with Crippen molar-refractivity contribution in [3.05, 3.63) is 23.5 Å². The van der Waals surface area contributed by atoms with Crippen LogP contribution in [-0.4, -0.2) is 16.3 Å². The van der Waals surface area contributed by atoms with E-state index in [-0.39, 0.29) is 6.10 Å². The number of allylic oxidation sites excluding steroid dienone is 3. The van der Waals surface area contributed by atoms with E-state index < -0.39 is 0 Å². The van der Waals surface area contributed by atoms with Crippen molar-refractivity contribution < 1.29 is 10.2 Å². The predicted octanol–water partition coefficient (Wildman–Crippen LogP) is 4.36. The summed E-state index contributed by atoms with van der Waals surface area (Å²) in [5.41, 5.74) is 1.32. The molecule has 104 valence electrons. The molecule has 0 heterocycles. The van der Waals surface area contributed by atoms with Crippen LogP contribution in [-0.2, 0) is 0 Å². The van der Waals surface area contributed by atoms with Gasteiger partial charge in [-0.25, -0.2) is 0 Å². The van der Waals surface area contributed by atoms with Crippen LogP contribution in [0.4, 0.5) is 0 Å². The fourth-order valence-electron chi connectivity index (χ4n) is 2.80. The molecule has 3 atom stereocenters. The molecule has 2 nitrogen and oxygen atoms in total. The highest BCUT2D eigenvalue weighted by atomic mass is 16.3. The van der Waals surface area contributed by atoms with Gasteiger partial charge in [0.15, 0.2) is 0 Å². The predicted molar refractivity (Wildman–Crippen MR) is 76.5 cm³/mol. The molecule has 0 aromatic heterocycles. The highest BCUT2D eigenvalue weighted by Crippen LogP contribution is 2.34. The molecule has 0 saturated heterocycles. The van der Waals surface area contributed by atoms with E-state index in [1.54, 1.807) is 6.08 Å². The standard InChI is InChI=1S/C16H28O2/c1-4-13(10-15(17)5-2)7-6-12(3)14-8-9-16(18)11-14/h5,10,12,14,16-18H,4,6-9,11H2,1-3H3/b13-10+,15-5+/t12-,14+,16-/m0/s1. The molecular formula is C16H28O2. The van der Waals surface area contributed by atoms with E-state index in [2.05, 4.69) is 13.8 Å². The van der Waals surface area contributed by atoms with Crippen LogP contribution in [0.25, 0.3) is 0 Å². The number of aliphatic hydroxyl groups excluding tert-OH is 2. The Bertz CT molecular complexity index is 304. The zero-order chi connectivity index (χ0) is 13.5. The van der Waals surface area contributed by atoms with E-state index in [1.165, 1.54) is 12.0 Å². The van der Waals surface area contributed by atoms with Crippen LogP contribution in [0.1, 0.15) is 59.3 Å². The first-order chi connectivity index (χ1) is 8.56. The maximum Gasteiger partial charge on any atom is 0.111 e. The van der Waals surface area contributed by atoms with Gasteiger partial charge in [0, 0.05) is 0 Å². The Balaban J connectivity index is 2.41. The van der Waals surface area contributed by atoms with E-state index in [9.17, 15) is 10.2 Å². The highest BCUT2D eigenvalue weighted by Gasteiger charge is 2.26. The summed E-state index contributed by atoms with van der Waals surface area (Å²) in [7, 11) is 0. The molecule has 0 bridgehead atoms. The Morgan fingerprint density at radius 2 is 2.11 bits per heavy atom. The molecule has 1 saturated carbocycles. The zero-order valence-electron chi connectivity index (χ0n) is 12.0. The number of hydrogen-bond acceptors (Lipinski definition) is 2. The Kier molecular flexibility index (Phi) is 6.48. The lowest BCUT2D eigenvalue weighted by atomic mass is 9.87. The second kappa shape index (κ2) is 7.63. The molecule has 0 aromatic carbocycles. The van der Waals surface area contributed by atoms with Gasteiger partial charge in [-0.2, -0.15) is 0 Å². The van der Waals surface area contributed by atoms with Crippen molar-refractivity contribution >= 4 is 0 Å². The lowest BCUT2D eigenvalue weighted by molar-refractivity contribution is 0.171. The number of aliphatic hydroxyl groups is 2. The molecule has 1 aliphatic rings. The van der Waals surface area contributed by atoms with Gasteiger partial charge in [0.2, 0.25) is 0 Å². The first-order valence-corrected chi connectivity index (χ1v) is 7.29. The summed E-state index contributed by atoms with van der Waals surface area (Å²) in [6, 6.07) is 0. The van der Waals surface area contributed by atoms with Crippen molar-refractivity contribution in [1.82, 2.24) is 0 Å². The van der Waals surface area contributed by atoms with E-state index in [4.69, 9.17) is 0 Å². The summed E-state index contributed by atoms with van der Waals surface area (Å²) >= 11 is 0. The van der Waals surface area contributed by atoms with Crippen LogP contribution in [0.3, 0.4) is 0 Å². The Morgan fingerprint density at radius 3 is 2.61 bits per heavy atom. The van der Waals surface area contributed by atoms with Crippen molar-refractivity contribution in [3.8, 4) is 0 Å². The molecule has 1 aliphatic carbocycles. The van der Waals surface area contributed by atoms with Gasteiger partial charge in [0.25, 0.3) is 0 Å². The van der Waals surface area contributed by atoms with Gasteiger partial charge in [-0.3, -0.25) is 0 Å². The second-order valence-electron chi connectivity index (χ2n) is 5.61. The average molecular weight is 252 g/mol. The van der Waals surface area contributed by atoms with E-state index in [0.717, 1.165) is 32.1 Å². The quantitative estimate of drug-likeness (QED) is 0.544. The SMILES string of the molecule is C/C=C(O)\C=C(/CC)CC[C@H](C)[C@@H]1CC[C@H](O)C1. The minimum atomic E-state index is -0.0642. The maximum absolute atomic E-state index is 9.57. The molecule has 0 spiro atoms. The van der Waals surface area contributed by atoms with Crippen LogP contribution in [0.5, 0.6) is 0 Å². The van der Waals surface area contributed by atoms with Gasteiger partial charge in [0.1, 0.15) is 5.76 Å². The molecule has 0 aromatic rings. The normalized spacial score (nSPS) is 27.6. The van der Waals surface area contributed by atoms with Crippen LogP contribution in [0.15, 0.2) is 23.5 Å². The van der Waals surface area contributed by atoms with E-state index in [0.29, 0.717) is 17.6 Å². The highest BCUT2D eigenvalue weighted by molar-refractivity contribution is 5.16. The molecule has 0 amide bonds. The molecule has 0 unspecified atom stereocenters. The maximum atomic E-state index is 9.57. The Hall–Kier alpha value is -0.760. The fourth-order valence-corrected chi connectivity index (χ4v) is 2.80. The number of hydrogen-bond donors (Lipinski definition) is 2. The molecular weight excluding hydrogens is 224 g/mol. The third-order valence-corrected chi connectivity index (χ3v) is 4.27. The Morgan fingerprint density at radius 1 is 1.39 bits per heavy atom.